The summed E-state index contributed by atoms with van der Waals surface area (Å²) < 4.78 is 18.8. The quantitative estimate of drug-likeness (QED) is 0.366. The molecule has 0 saturated heterocycles. The molecule has 0 spiro atoms. The number of nitrogens with one attached hydrogen (secondary N) is 1. The number of nitro groups is 1. The number of nitro benzene ring substituents is 1. The summed E-state index contributed by atoms with van der Waals surface area (Å²) in [5.74, 6) is -2.31. The van der Waals surface area contributed by atoms with Gasteiger partial charge in [-0.05, 0) is 36.8 Å². The maximum absolute atomic E-state index is 13.4. The largest absolute Gasteiger partial charge is 0.444 e. The van der Waals surface area contributed by atoms with Crippen LogP contribution in [0, 0.1) is 22.9 Å². The molecule has 152 valence electrons. The Labute approximate surface area is 171 Å². The fourth-order valence-corrected chi connectivity index (χ4v) is 2.79. The van der Waals surface area contributed by atoms with Crippen LogP contribution in [0.4, 0.5) is 15.8 Å². The molecule has 3 aromatic carbocycles. The Hall–Kier alpha value is -4.07. The van der Waals surface area contributed by atoms with E-state index in [9.17, 15) is 24.1 Å². The van der Waals surface area contributed by atoms with Gasteiger partial charge in [0, 0.05) is 11.6 Å². The second-order valence-corrected chi connectivity index (χ2v) is 6.47. The molecule has 3 aromatic rings. The number of hydrogen-bond donors (Lipinski definition) is 1. The third-order valence-corrected chi connectivity index (χ3v) is 4.23. The number of halogens is 1. The van der Waals surface area contributed by atoms with Crippen LogP contribution in [-0.2, 0) is 9.53 Å². The average Bonchev–Trinajstić information content (AvgIpc) is 2.73. The van der Waals surface area contributed by atoms with Crippen LogP contribution < -0.4 is 5.32 Å². The lowest BCUT2D eigenvalue weighted by Crippen LogP contribution is -2.26. The first-order chi connectivity index (χ1) is 14.3. The van der Waals surface area contributed by atoms with E-state index in [-0.39, 0.29) is 16.9 Å². The van der Waals surface area contributed by atoms with Gasteiger partial charge >= 0.3 is 5.97 Å². The first kappa shape index (κ1) is 20.7. The van der Waals surface area contributed by atoms with Gasteiger partial charge in [-0.2, -0.15) is 0 Å². The van der Waals surface area contributed by atoms with E-state index in [4.69, 9.17) is 4.74 Å². The minimum absolute atomic E-state index is 0.0293. The number of amides is 1. The van der Waals surface area contributed by atoms with E-state index in [0.29, 0.717) is 11.1 Å². The van der Waals surface area contributed by atoms with Gasteiger partial charge in [0.25, 0.3) is 11.6 Å². The molecule has 0 aromatic heterocycles. The molecule has 0 aliphatic rings. The van der Waals surface area contributed by atoms with Crippen LogP contribution in [0.25, 0.3) is 0 Å². The van der Waals surface area contributed by atoms with Gasteiger partial charge in [0.2, 0.25) is 6.10 Å². The Kier molecular flexibility index (Phi) is 6.17. The van der Waals surface area contributed by atoms with E-state index < -0.39 is 28.7 Å². The van der Waals surface area contributed by atoms with Crippen molar-refractivity contribution in [3.05, 3.63) is 105 Å². The maximum atomic E-state index is 13.4. The van der Waals surface area contributed by atoms with Gasteiger partial charge in [-0.25, -0.2) is 9.18 Å². The van der Waals surface area contributed by atoms with Crippen molar-refractivity contribution in [1.29, 1.82) is 0 Å². The van der Waals surface area contributed by atoms with E-state index in [1.165, 1.54) is 30.3 Å². The Morgan fingerprint density at radius 2 is 1.77 bits per heavy atom. The average molecular weight is 408 g/mol. The molecule has 0 aliphatic carbocycles. The monoisotopic (exact) mass is 408 g/mol. The van der Waals surface area contributed by atoms with E-state index in [2.05, 4.69) is 5.32 Å². The van der Waals surface area contributed by atoms with E-state index >= 15 is 0 Å². The number of ether oxygens (including phenoxy) is 1. The lowest BCUT2D eigenvalue weighted by Gasteiger charge is -2.18. The summed E-state index contributed by atoms with van der Waals surface area (Å²) in [5.41, 5.74) is 0.626. The number of nitrogens with zero attached hydrogens (tertiary/aromatic N) is 1. The number of anilines is 1. The number of rotatable bonds is 6. The van der Waals surface area contributed by atoms with Crippen LogP contribution in [0.1, 0.15) is 27.6 Å². The topological polar surface area (TPSA) is 98.5 Å². The van der Waals surface area contributed by atoms with E-state index in [1.807, 2.05) is 0 Å². The second kappa shape index (κ2) is 8.95. The lowest BCUT2D eigenvalue weighted by molar-refractivity contribution is -0.384. The third kappa shape index (κ3) is 4.85. The first-order valence-corrected chi connectivity index (χ1v) is 8.92. The summed E-state index contributed by atoms with van der Waals surface area (Å²) in [6.07, 6.45) is -1.40. The molecule has 0 unspecified atom stereocenters. The molecule has 30 heavy (non-hydrogen) atoms. The van der Waals surface area contributed by atoms with Crippen molar-refractivity contribution in [1.82, 2.24) is 0 Å². The van der Waals surface area contributed by atoms with Gasteiger partial charge in [-0.1, -0.05) is 42.5 Å². The highest BCUT2D eigenvalue weighted by Crippen LogP contribution is 2.28. The van der Waals surface area contributed by atoms with Crippen LogP contribution in [0.3, 0.4) is 0 Å². The number of carbonyl (C=O) groups is 2. The normalized spacial score (nSPS) is 11.4. The predicted molar refractivity (Wildman–Crippen MR) is 107 cm³/mol. The fourth-order valence-electron chi connectivity index (χ4n) is 2.79. The van der Waals surface area contributed by atoms with Gasteiger partial charge in [-0.3, -0.25) is 14.9 Å². The van der Waals surface area contributed by atoms with Crippen molar-refractivity contribution < 1.29 is 23.6 Å². The van der Waals surface area contributed by atoms with E-state index in [0.717, 1.165) is 6.07 Å². The van der Waals surface area contributed by atoms with Crippen molar-refractivity contribution >= 4 is 23.3 Å². The van der Waals surface area contributed by atoms with Crippen molar-refractivity contribution in [2.24, 2.45) is 0 Å². The number of aryl methyl sites for hydroxylation is 1. The Morgan fingerprint density at radius 1 is 1.03 bits per heavy atom. The number of hydrogen-bond acceptors (Lipinski definition) is 5. The van der Waals surface area contributed by atoms with Crippen LogP contribution >= 0.6 is 0 Å². The SMILES string of the molecule is Cc1ccc(NC(=O)[C@H](OC(=O)c2cccc(F)c2)c2ccccc2)c([N+](=O)[O-])c1. The van der Waals surface area contributed by atoms with Gasteiger partial charge in [-0.15, -0.1) is 0 Å². The van der Waals surface area contributed by atoms with Crippen LogP contribution in [0.5, 0.6) is 0 Å². The molecule has 0 fully saturated rings. The molecule has 8 heteroatoms. The molecule has 1 N–H and O–H groups in total. The zero-order chi connectivity index (χ0) is 21.7. The predicted octanol–water partition coefficient (Wildman–Crippen LogP) is 4.58. The molecule has 7 nitrogen and oxygen atoms in total. The van der Waals surface area contributed by atoms with Crippen molar-refractivity contribution in [3.8, 4) is 0 Å². The van der Waals surface area contributed by atoms with Gasteiger partial charge in [0.15, 0.2) is 0 Å². The van der Waals surface area contributed by atoms with Gasteiger partial charge in [0.1, 0.15) is 11.5 Å². The fraction of sp³-hybridized carbons (Fsp3) is 0.0909. The van der Waals surface area contributed by atoms with Crippen LogP contribution in [0.15, 0.2) is 72.8 Å². The van der Waals surface area contributed by atoms with Gasteiger partial charge in [0.05, 0.1) is 10.5 Å². The smallest absolute Gasteiger partial charge is 0.339 e. The second-order valence-electron chi connectivity index (χ2n) is 6.47. The highest BCUT2D eigenvalue weighted by atomic mass is 19.1. The summed E-state index contributed by atoms with van der Waals surface area (Å²) in [5, 5.41) is 13.8. The Bertz CT molecular complexity index is 1100. The molecular formula is C22H17FN2O5. The highest BCUT2D eigenvalue weighted by Gasteiger charge is 2.28. The number of benzene rings is 3. The zero-order valence-electron chi connectivity index (χ0n) is 15.9. The molecule has 1 atom stereocenters. The first-order valence-electron chi connectivity index (χ1n) is 8.92. The standard InChI is InChI=1S/C22H17FN2O5/c1-14-10-11-18(19(12-14)25(28)29)24-21(26)20(15-6-3-2-4-7-15)30-22(27)16-8-5-9-17(23)13-16/h2-13,20H,1H3,(H,24,26)/t20-/m1/s1. The van der Waals surface area contributed by atoms with E-state index in [1.54, 1.807) is 43.3 Å². The minimum Gasteiger partial charge on any atom is -0.444 e. The summed E-state index contributed by atoms with van der Waals surface area (Å²) in [4.78, 5) is 36.1. The molecule has 0 saturated carbocycles. The zero-order valence-corrected chi connectivity index (χ0v) is 15.9. The molecule has 0 radical (unpaired) electrons. The Morgan fingerprint density at radius 3 is 2.43 bits per heavy atom. The molecule has 1 amide bonds. The third-order valence-electron chi connectivity index (χ3n) is 4.23. The van der Waals surface area contributed by atoms with Crippen molar-refractivity contribution in [3.63, 3.8) is 0 Å². The number of esters is 1. The molecule has 0 bridgehead atoms. The lowest BCUT2D eigenvalue weighted by atomic mass is 10.1. The van der Waals surface area contributed by atoms with Crippen molar-refractivity contribution in [2.45, 2.75) is 13.0 Å². The molecule has 0 aliphatic heterocycles. The summed E-state index contributed by atoms with van der Waals surface area (Å²) >= 11 is 0. The van der Waals surface area contributed by atoms with Crippen LogP contribution in [0.2, 0.25) is 0 Å². The Balaban J connectivity index is 1.91. The minimum atomic E-state index is -1.40. The maximum Gasteiger partial charge on any atom is 0.339 e. The van der Waals surface area contributed by atoms with Crippen LogP contribution in [-0.4, -0.2) is 16.8 Å². The summed E-state index contributed by atoms with van der Waals surface area (Å²) in [6.45, 7) is 1.69. The summed E-state index contributed by atoms with van der Waals surface area (Å²) in [7, 11) is 0. The molecule has 3 rings (SSSR count). The molecular weight excluding hydrogens is 391 g/mol. The van der Waals surface area contributed by atoms with Gasteiger partial charge < -0.3 is 10.1 Å². The highest BCUT2D eigenvalue weighted by molar-refractivity contribution is 5.99. The van der Waals surface area contributed by atoms with Crippen molar-refractivity contribution in [2.75, 3.05) is 5.32 Å². The summed E-state index contributed by atoms with van der Waals surface area (Å²) in [6, 6.07) is 17.4. The number of carbonyl (C=O) groups excluding carboxylic acids is 2. The molecule has 0 heterocycles.